The number of aryl methyl sites for hydroxylation is 2. The molecule has 1 fully saturated rings. The molecule has 2 rings (SSSR count). The van der Waals surface area contributed by atoms with E-state index in [2.05, 4.69) is 0 Å². The molecule has 0 saturated heterocycles. The van der Waals surface area contributed by atoms with Crippen LogP contribution in [0.3, 0.4) is 0 Å². The largest absolute Gasteiger partial charge is 0.465 e. The summed E-state index contributed by atoms with van der Waals surface area (Å²) in [6.45, 7) is 0.678. The molecule has 0 spiro atoms. The second-order valence-electron chi connectivity index (χ2n) is 5.08. The summed E-state index contributed by atoms with van der Waals surface area (Å²) in [4.78, 5) is -0.348. The zero-order chi connectivity index (χ0) is 16.0. The van der Waals surface area contributed by atoms with Gasteiger partial charge in [-0.15, -0.1) is 0 Å². The molecular weight excluding hydrogens is 311 g/mol. The molecule has 1 aliphatic carbocycles. The van der Waals surface area contributed by atoms with Crippen molar-refractivity contribution < 1.29 is 31.1 Å². The van der Waals surface area contributed by atoms with Crippen LogP contribution in [0.4, 0.5) is 13.2 Å². The zero-order valence-corrected chi connectivity index (χ0v) is 12.4. The van der Waals surface area contributed by atoms with Gasteiger partial charge in [0.1, 0.15) is 23.0 Å². The highest BCUT2D eigenvalue weighted by Crippen LogP contribution is 2.37. The Morgan fingerprint density at radius 3 is 2.29 bits per heavy atom. The summed E-state index contributed by atoms with van der Waals surface area (Å²) >= 11 is 0. The summed E-state index contributed by atoms with van der Waals surface area (Å²) < 4.78 is 68.7. The van der Waals surface area contributed by atoms with Crippen LogP contribution in [-0.4, -0.2) is 36.6 Å². The molecule has 0 amide bonds. The van der Waals surface area contributed by atoms with Gasteiger partial charge < -0.3 is 9.52 Å². The number of alkyl halides is 3. The van der Waals surface area contributed by atoms with Crippen molar-refractivity contribution in [1.82, 2.24) is 4.31 Å². The van der Waals surface area contributed by atoms with E-state index in [1.807, 2.05) is 0 Å². The maximum absolute atomic E-state index is 12.6. The Hall–Kier alpha value is -1.06. The summed E-state index contributed by atoms with van der Waals surface area (Å²) in [7, 11) is -4.36. The van der Waals surface area contributed by atoms with Crippen molar-refractivity contribution in [2.24, 2.45) is 0 Å². The van der Waals surface area contributed by atoms with Crippen LogP contribution >= 0.6 is 0 Å². The lowest BCUT2D eigenvalue weighted by atomic mass is 10.2. The standard InChI is InChI=1S/C12H16F3NO4S/c1-7-10(5-17)11(8(2)20-7)21(18,19)16(9-3-4-9)6-12(13,14)15/h9,17H,3-6H2,1-2H3. The third kappa shape index (κ3) is 3.24. The van der Waals surface area contributed by atoms with Gasteiger partial charge in [-0.3, -0.25) is 0 Å². The summed E-state index contributed by atoms with van der Waals surface area (Å²) in [5.41, 5.74) is 0.0142. The minimum absolute atomic E-state index is 0.00984. The van der Waals surface area contributed by atoms with Gasteiger partial charge in [0.25, 0.3) is 0 Å². The number of nitrogens with zero attached hydrogens (tertiary/aromatic N) is 1. The molecule has 0 aromatic carbocycles. The van der Waals surface area contributed by atoms with Crippen LogP contribution in [-0.2, 0) is 16.6 Å². The fraction of sp³-hybridized carbons (Fsp3) is 0.667. The molecule has 0 unspecified atom stereocenters. The van der Waals surface area contributed by atoms with Gasteiger partial charge in [-0.1, -0.05) is 0 Å². The van der Waals surface area contributed by atoms with E-state index < -0.39 is 35.4 Å². The van der Waals surface area contributed by atoms with Crippen LogP contribution in [0.1, 0.15) is 29.9 Å². The Morgan fingerprint density at radius 1 is 1.29 bits per heavy atom. The van der Waals surface area contributed by atoms with Gasteiger partial charge >= 0.3 is 6.18 Å². The van der Waals surface area contributed by atoms with Gasteiger partial charge in [-0.2, -0.15) is 17.5 Å². The number of hydrogen-bond donors (Lipinski definition) is 1. The molecule has 1 saturated carbocycles. The molecule has 1 aromatic heterocycles. The van der Waals surface area contributed by atoms with E-state index in [0.29, 0.717) is 17.1 Å². The minimum atomic E-state index is -4.62. The van der Waals surface area contributed by atoms with Gasteiger partial charge in [0.15, 0.2) is 0 Å². The summed E-state index contributed by atoms with van der Waals surface area (Å²) in [6.07, 6.45) is -3.82. The van der Waals surface area contributed by atoms with Crippen molar-refractivity contribution in [2.45, 2.75) is 50.4 Å². The van der Waals surface area contributed by atoms with E-state index in [9.17, 15) is 26.7 Å². The van der Waals surface area contributed by atoms with Gasteiger partial charge in [0.2, 0.25) is 10.0 Å². The van der Waals surface area contributed by atoms with Crippen LogP contribution in [0.25, 0.3) is 0 Å². The number of sulfonamides is 1. The molecule has 1 heterocycles. The van der Waals surface area contributed by atoms with Crippen molar-refractivity contribution in [2.75, 3.05) is 6.54 Å². The Bertz CT molecular complexity index is 632. The van der Waals surface area contributed by atoms with Gasteiger partial charge in [0, 0.05) is 11.6 Å². The second-order valence-corrected chi connectivity index (χ2v) is 6.90. The lowest BCUT2D eigenvalue weighted by Gasteiger charge is -2.23. The topological polar surface area (TPSA) is 70.8 Å². The average molecular weight is 327 g/mol. The molecule has 0 atom stereocenters. The first kappa shape index (κ1) is 16.3. The molecule has 21 heavy (non-hydrogen) atoms. The Morgan fingerprint density at radius 2 is 1.86 bits per heavy atom. The fourth-order valence-corrected chi connectivity index (χ4v) is 4.38. The zero-order valence-electron chi connectivity index (χ0n) is 11.6. The first-order valence-electron chi connectivity index (χ1n) is 6.36. The van der Waals surface area contributed by atoms with Crippen molar-refractivity contribution in [3.8, 4) is 0 Å². The van der Waals surface area contributed by atoms with Gasteiger partial charge in [0.05, 0.1) is 6.61 Å². The van der Waals surface area contributed by atoms with Gasteiger partial charge in [-0.25, -0.2) is 8.42 Å². The number of furan rings is 1. The lowest BCUT2D eigenvalue weighted by molar-refractivity contribution is -0.137. The molecule has 1 aliphatic rings. The summed E-state index contributed by atoms with van der Waals surface area (Å²) in [5.74, 6) is 0.181. The summed E-state index contributed by atoms with van der Waals surface area (Å²) in [5, 5.41) is 9.28. The molecule has 9 heteroatoms. The maximum Gasteiger partial charge on any atom is 0.402 e. The molecule has 1 aromatic rings. The van der Waals surface area contributed by atoms with Crippen molar-refractivity contribution in [1.29, 1.82) is 0 Å². The Balaban J connectivity index is 2.49. The van der Waals surface area contributed by atoms with E-state index in [-0.39, 0.29) is 22.0 Å². The molecular formula is C12H16F3NO4S. The number of halogens is 3. The molecule has 0 bridgehead atoms. The number of hydrogen-bond acceptors (Lipinski definition) is 4. The van der Waals surface area contributed by atoms with E-state index in [1.54, 1.807) is 0 Å². The fourth-order valence-electron chi connectivity index (χ4n) is 2.30. The Kier molecular flexibility index (Phi) is 4.11. The van der Waals surface area contributed by atoms with Crippen LogP contribution in [0.5, 0.6) is 0 Å². The predicted molar refractivity (Wildman–Crippen MR) is 67.1 cm³/mol. The molecule has 5 nitrogen and oxygen atoms in total. The molecule has 1 N–H and O–H groups in total. The van der Waals surface area contributed by atoms with Gasteiger partial charge in [-0.05, 0) is 26.7 Å². The van der Waals surface area contributed by atoms with E-state index in [0.717, 1.165) is 0 Å². The second kappa shape index (κ2) is 5.29. The van der Waals surface area contributed by atoms with Crippen LogP contribution in [0.15, 0.2) is 9.31 Å². The predicted octanol–water partition coefficient (Wildman–Crippen LogP) is 2.10. The van der Waals surface area contributed by atoms with Crippen LogP contribution < -0.4 is 0 Å². The smallest absolute Gasteiger partial charge is 0.402 e. The van der Waals surface area contributed by atoms with Crippen LogP contribution in [0.2, 0.25) is 0 Å². The van der Waals surface area contributed by atoms with Crippen LogP contribution in [0, 0.1) is 13.8 Å². The highest BCUT2D eigenvalue weighted by Gasteiger charge is 2.46. The highest BCUT2D eigenvalue weighted by atomic mass is 32.2. The first-order chi connectivity index (χ1) is 9.58. The first-order valence-corrected chi connectivity index (χ1v) is 7.80. The molecule has 120 valence electrons. The number of aliphatic hydroxyl groups is 1. The SMILES string of the molecule is Cc1oc(C)c(S(=O)(=O)N(CC(F)(F)F)C2CC2)c1CO. The number of rotatable bonds is 5. The third-order valence-corrected chi connectivity index (χ3v) is 5.43. The van der Waals surface area contributed by atoms with Crippen molar-refractivity contribution >= 4 is 10.0 Å². The minimum Gasteiger partial charge on any atom is -0.465 e. The van der Waals surface area contributed by atoms with E-state index >= 15 is 0 Å². The lowest BCUT2D eigenvalue weighted by Crippen LogP contribution is -2.40. The normalized spacial score (nSPS) is 16.7. The quantitative estimate of drug-likeness (QED) is 0.899. The van der Waals surface area contributed by atoms with E-state index in [1.165, 1.54) is 13.8 Å². The van der Waals surface area contributed by atoms with Crippen molar-refractivity contribution in [3.63, 3.8) is 0 Å². The third-order valence-electron chi connectivity index (χ3n) is 3.34. The van der Waals surface area contributed by atoms with Crippen molar-refractivity contribution in [3.05, 3.63) is 17.1 Å². The molecule has 0 aliphatic heterocycles. The monoisotopic (exact) mass is 327 g/mol. The average Bonchev–Trinajstić information content (AvgIpc) is 3.10. The van der Waals surface area contributed by atoms with E-state index in [4.69, 9.17) is 4.42 Å². The maximum atomic E-state index is 12.6. The summed E-state index contributed by atoms with van der Waals surface area (Å²) in [6, 6.07) is -0.641. The number of aliphatic hydroxyl groups excluding tert-OH is 1. The molecule has 0 radical (unpaired) electrons. The Labute approximate surface area is 120 Å². The highest BCUT2D eigenvalue weighted by molar-refractivity contribution is 7.89.